The minimum atomic E-state index is -1.47. The number of carbonyl (C=O) groups excluding carboxylic acids is 2. The van der Waals surface area contributed by atoms with E-state index in [4.69, 9.17) is 14.4 Å². The van der Waals surface area contributed by atoms with Crippen molar-refractivity contribution in [3.05, 3.63) is 17.5 Å². The van der Waals surface area contributed by atoms with E-state index in [2.05, 4.69) is 5.16 Å². The Bertz CT molecular complexity index is 516. The Morgan fingerprint density at radius 3 is 2.50 bits per heavy atom. The number of esters is 1. The lowest BCUT2D eigenvalue weighted by Crippen LogP contribution is -2.40. The summed E-state index contributed by atoms with van der Waals surface area (Å²) in [6, 6.07) is 1.55. The Labute approximate surface area is 129 Å². The first kappa shape index (κ1) is 18.2. The lowest BCUT2D eigenvalue weighted by atomic mass is 9.89. The molecule has 0 aliphatic rings. The average molecular weight is 312 g/mol. The largest absolute Gasteiger partial charge is 0.549 e. The van der Waals surface area contributed by atoms with E-state index < -0.39 is 23.5 Å². The van der Waals surface area contributed by atoms with Gasteiger partial charge in [0.2, 0.25) is 0 Å². The Morgan fingerprint density at radius 1 is 1.45 bits per heavy atom. The van der Waals surface area contributed by atoms with Crippen molar-refractivity contribution < 1.29 is 29.1 Å². The molecule has 0 radical (unpaired) electrons. The van der Waals surface area contributed by atoms with E-state index >= 15 is 0 Å². The highest BCUT2D eigenvalue weighted by Crippen LogP contribution is 2.28. The summed E-state index contributed by atoms with van der Waals surface area (Å²) in [6.45, 7) is 6.55. The summed E-state index contributed by atoms with van der Waals surface area (Å²) in [5, 5.41) is 24.1. The van der Waals surface area contributed by atoms with E-state index in [0.29, 0.717) is 12.1 Å². The van der Waals surface area contributed by atoms with Gasteiger partial charge >= 0.3 is 5.97 Å². The van der Waals surface area contributed by atoms with Crippen molar-refractivity contribution in [3.63, 3.8) is 0 Å². The summed E-state index contributed by atoms with van der Waals surface area (Å²) in [5.74, 6) is -3.69. The second-order valence-corrected chi connectivity index (χ2v) is 6.12. The van der Waals surface area contributed by atoms with Crippen LogP contribution >= 0.6 is 0 Å². The molecule has 0 saturated carbocycles. The zero-order valence-electron chi connectivity index (χ0n) is 13.3. The summed E-state index contributed by atoms with van der Waals surface area (Å²) >= 11 is 0. The number of carboxylic acids is 1. The van der Waals surface area contributed by atoms with Crippen LogP contribution in [0, 0.1) is 5.92 Å². The molecule has 22 heavy (non-hydrogen) atoms. The lowest BCUT2D eigenvalue weighted by Gasteiger charge is -2.26. The summed E-state index contributed by atoms with van der Waals surface area (Å²) in [4.78, 5) is 23.3. The smallest absolute Gasteiger partial charge is 0.315 e. The van der Waals surface area contributed by atoms with E-state index in [1.165, 1.54) is 0 Å². The van der Waals surface area contributed by atoms with Gasteiger partial charge in [-0.05, 0) is 33.6 Å². The van der Waals surface area contributed by atoms with Crippen molar-refractivity contribution in [1.29, 1.82) is 0 Å². The summed E-state index contributed by atoms with van der Waals surface area (Å²) < 4.78 is 10.0. The van der Waals surface area contributed by atoms with Crippen LogP contribution in [0.15, 0.2) is 10.6 Å². The Morgan fingerprint density at radius 2 is 2.09 bits per heavy atom. The lowest BCUT2D eigenvalue weighted by molar-refractivity contribution is -0.311. The minimum Gasteiger partial charge on any atom is -0.549 e. The molecule has 0 amide bonds. The molecule has 2 atom stereocenters. The average Bonchev–Trinajstić information content (AvgIpc) is 2.85. The predicted molar refractivity (Wildman–Crippen MR) is 74.4 cm³/mol. The van der Waals surface area contributed by atoms with Crippen LogP contribution in [0.3, 0.4) is 0 Å². The highest BCUT2D eigenvalue weighted by atomic mass is 16.6. The second-order valence-electron chi connectivity index (χ2n) is 6.12. The fourth-order valence-corrected chi connectivity index (χ4v) is 2.04. The summed E-state index contributed by atoms with van der Waals surface area (Å²) in [7, 11) is 0. The van der Waals surface area contributed by atoms with Gasteiger partial charge in [-0.1, -0.05) is 12.1 Å². The van der Waals surface area contributed by atoms with Gasteiger partial charge in [-0.3, -0.25) is 4.79 Å². The molecule has 1 heterocycles. The molecule has 0 bridgehead atoms. The van der Waals surface area contributed by atoms with Gasteiger partial charge in [0.25, 0.3) is 0 Å². The molecule has 0 aliphatic heterocycles. The first-order valence-electron chi connectivity index (χ1n) is 7.18. The van der Waals surface area contributed by atoms with Crippen molar-refractivity contribution in [2.75, 3.05) is 0 Å². The Balaban J connectivity index is 2.87. The standard InChI is InChI=1S/C15H23NO6/c1-5-9(12-7-10(8-17)22-16-12)6-11(13(18)19)14(20)21-15(2,3)4/h7,9,11,17H,5-6,8H2,1-4H3,(H,18,19)/p-1/t9?,11-/m1/s1. The number of carbonyl (C=O) groups is 2. The van der Waals surface area contributed by atoms with Crippen LogP contribution < -0.4 is 5.11 Å². The van der Waals surface area contributed by atoms with Crippen LogP contribution in [0.1, 0.15) is 57.9 Å². The van der Waals surface area contributed by atoms with Crippen LogP contribution in [0.5, 0.6) is 0 Å². The van der Waals surface area contributed by atoms with Crippen molar-refractivity contribution in [3.8, 4) is 0 Å². The number of nitrogens with zero attached hydrogens (tertiary/aromatic N) is 1. The number of aromatic nitrogens is 1. The molecule has 0 spiro atoms. The number of hydrogen-bond acceptors (Lipinski definition) is 7. The van der Waals surface area contributed by atoms with Gasteiger partial charge < -0.3 is 24.3 Å². The molecule has 7 nitrogen and oxygen atoms in total. The Hall–Kier alpha value is -1.89. The molecule has 1 aromatic heterocycles. The van der Waals surface area contributed by atoms with Gasteiger partial charge in [-0.15, -0.1) is 0 Å². The fraction of sp³-hybridized carbons (Fsp3) is 0.667. The zero-order valence-corrected chi connectivity index (χ0v) is 13.3. The molecule has 0 saturated heterocycles. The van der Waals surface area contributed by atoms with E-state index in [1.54, 1.807) is 26.8 Å². The third-order valence-corrected chi connectivity index (χ3v) is 3.14. The molecule has 1 N–H and O–H groups in total. The highest BCUT2D eigenvalue weighted by Gasteiger charge is 2.30. The number of rotatable bonds is 7. The molecule has 1 unspecified atom stereocenters. The quantitative estimate of drug-likeness (QED) is 0.584. The predicted octanol–water partition coefficient (Wildman–Crippen LogP) is 0.758. The summed E-state index contributed by atoms with van der Waals surface area (Å²) in [6.07, 6.45) is 0.565. The number of aliphatic hydroxyl groups excluding tert-OH is 1. The van der Waals surface area contributed by atoms with E-state index in [9.17, 15) is 14.7 Å². The van der Waals surface area contributed by atoms with Crippen LogP contribution in [0.25, 0.3) is 0 Å². The van der Waals surface area contributed by atoms with Gasteiger partial charge in [-0.25, -0.2) is 0 Å². The summed E-state index contributed by atoms with van der Waals surface area (Å²) in [5.41, 5.74) is -0.272. The van der Waals surface area contributed by atoms with Crippen molar-refractivity contribution in [1.82, 2.24) is 5.16 Å². The first-order chi connectivity index (χ1) is 10.2. The fourth-order valence-electron chi connectivity index (χ4n) is 2.04. The molecule has 1 rings (SSSR count). The maximum absolute atomic E-state index is 12.0. The third-order valence-electron chi connectivity index (χ3n) is 3.14. The van der Waals surface area contributed by atoms with Crippen LogP contribution in [0.2, 0.25) is 0 Å². The Kier molecular flexibility index (Phi) is 6.11. The van der Waals surface area contributed by atoms with Gasteiger partial charge in [0.15, 0.2) is 5.76 Å². The van der Waals surface area contributed by atoms with Crippen LogP contribution in [-0.2, 0) is 20.9 Å². The maximum atomic E-state index is 12.0. The zero-order chi connectivity index (χ0) is 16.9. The highest BCUT2D eigenvalue weighted by molar-refractivity contribution is 5.93. The minimum absolute atomic E-state index is 0.00511. The number of ether oxygens (including phenoxy) is 1. The van der Waals surface area contributed by atoms with Crippen LogP contribution in [-0.4, -0.2) is 27.8 Å². The monoisotopic (exact) mass is 312 g/mol. The maximum Gasteiger partial charge on any atom is 0.315 e. The van der Waals surface area contributed by atoms with Crippen molar-refractivity contribution >= 4 is 11.9 Å². The second kappa shape index (κ2) is 7.40. The topological polar surface area (TPSA) is 113 Å². The molecule has 7 heteroatoms. The van der Waals surface area contributed by atoms with E-state index in [0.717, 1.165) is 0 Å². The molecule has 1 aromatic rings. The molecular formula is C15H22NO6-. The molecule has 0 fully saturated rings. The normalized spacial score (nSPS) is 14.4. The van der Waals surface area contributed by atoms with E-state index in [1.807, 2.05) is 6.92 Å². The van der Waals surface area contributed by atoms with E-state index in [-0.39, 0.29) is 24.7 Å². The molecular weight excluding hydrogens is 290 g/mol. The molecule has 124 valence electrons. The van der Waals surface area contributed by atoms with Crippen molar-refractivity contribution in [2.24, 2.45) is 5.92 Å². The molecule has 0 aromatic carbocycles. The van der Waals surface area contributed by atoms with Gasteiger partial charge in [0.05, 0.1) is 17.6 Å². The van der Waals surface area contributed by atoms with Gasteiger partial charge in [-0.2, -0.15) is 0 Å². The van der Waals surface area contributed by atoms with Crippen LogP contribution in [0.4, 0.5) is 0 Å². The number of aliphatic carboxylic acids is 1. The number of aliphatic hydroxyl groups is 1. The van der Waals surface area contributed by atoms with Gasteiger partial charge in [0.1, 0.15) is 12.2 Å². The first-order valence-corrected chi connectivity index (χ1v) is 7.18. The third kappa shape index (κ3) is 5.14. The van der Waals surface area contributed by atoms with Gasteiger partial charge in [0, 0.05) is 12.0 Å². The van der Waals surface area contributed by atoms with Crippen molar-refractivity contribution in [2.45, 2.75) is 58.7 Å². The number of carboxylic acid groups (broad SMARTS) is 1. The number of hydrogen-bond donors (Lipinski definition) is 1. The SMILES string of the molecule is CCC(C[C@H](C(=O)[O-])C(=O)OC(C)(C)C)c1cc(CO)on1. The molecule has 0 aliphatic carbocycles.